The first-order valence-electron chi connectivity index (χ1n) is 7.97. The Labute approximate surface area is 157 Å². The average Bonchev–Trinajstić information content (AvgIpc) is 3.10. The summed E-state index contributed by atoms with van der Waals surface area (Å²) in [5, 5.41) is 1.01. The number of hydrogen-bond donors (Lipinski definition) is 0. The van der Waals surface area contributed by atoms with Gasteiger partial charge in [-0.05, 0) is 36.8 Å². The van der Waals surface area contributed by atoms with Crippen molar-refractivity contribution < 1.29 is 18.7 Å². The smallest absolute Gasteiger partial charge is 0.223 e. The van der Waals surface area contributed by atoms with Gasteiger partial charge in [0.2, 0.25) is 5.91 Å². The second-order valence-electron chi connectivity index (χ2n) is 5.41. The van der Waals surface area contributed by atoms with Crippen LogP contribution in [0.3, 0.4) is 0 Å². The van der Waals surface area contributed by atoms with Crippen LogP contribution in [-0.4, -0.2) is 37.7 Å². The van der Waals surface area contributed by atoms with E-state index in [2.05, 4.69) is 0 Å². The fraction of sp³-hybridized carbons (Fsp3) is 0.389. The van der Waals surface area contributed by atoms with Gasteiger partial charge in [0.05, 0.1) is 31.0 Å². The van der Waals surface area contributed by atoms with E-state index in [1.807, 2.05) is 6.07 Å². The molecule has 136 valence electrons. The summed E-state index contributed by atoms with van der Waals surface area (Å²) < 4.78 is 16.0. The molecule has 0 aliphatic rings. The second kappa shape index (κ2) is 10.3. The Morgan fingerprint density at radius 2 is 2.08 bits per heavy atom. The third kappa shape index (κ3) is 6.61. The Kier molecular flexibility index (Phi) is 8.12. The number of halogens is 2. The Bertz CT molecular complexity index is 661. The molecule has 1 amide bonds. The first-order valence-corrected chi connectivity index (χ1v) is 8.72. The van der Waals surface area contributed by atoms with Gasteiger partial charge in [0.25, 0.3) is 0 Å². The van der Waals surface area contributed by atoms with Gasteiger partial charge in [0.1, 0.15) is 11.5 Å². The van der Waals surface area contributed by atoms with E-state index < -0.39 is 0 Å². The summed E-state index contributed by atoms with van der Waals surface area (Å²) in [6.45, 7) is 1.81. The predicted molar refractivity (Wildman–Crippen MR) is 97.2 cm³/mol. The lowest BCUT2D eigenvalue weighted by Crippen LogP contribution is -2.33. The molecule has 25 heavy (non-hydrogen) atoms. The Morgan fingerprint density at radius 1 is 1.24 bits per heavy atom. The molecule has 0 unspecified atom stereocenters. The maximum atomic E-state index is 12.4. The van der Waals surface area contributed by atoms with Crippen molar-refractivity contribution in [2.24, 2.45) is 0 Å². The Morgan fingerprint density at radius 3 is 2.76 bits per heavy atom. The van der Waals surface area contributed by atoms with Gasteiger partial charge in [0.15, 0.2) is 0 Å². The van der Waals surface area contributed by atoms with Gasteiger partial charge in [-0.3, -0.25) is 4.79 Å². The minimum absolute atomic E-state index is 0.0271. The van der Waals surface area contributed by atoms with Crippen LogP contribution in [0.5, 0.6) is 5.75 Å². The van der Waals surface area contributed by atoms with Crippen LogP contribution < -0.4 is 4.74 Å². The molecule has 0 spiro atoms. The summed E-state index contributed by atoms with van der Waals surface area (Å²) >= 11 is 11.9. The molecule has 1 heterocycles. The van der Waals surface area contributed by atoms with E-state index >= 15 is 0 Å². The zero-order valence-corrected chi connectivity index (χ0v) is 15.6. The monoisotopic (exact) mass is 385 g/mol. The molecular formula is C18H21Cl2NO4. The highest BCUT2D eigenvalue weighted by Crippen LogP contribution is 2.27. The first kappa shape index (κ1) is 19.6. The maximum absolute atomic E-state index is 12.4. The zero-order valence-electron chi connectivity index (χ0n) is 14.0. The predicted octanol–water partition coefficient (Wildman–Crippen LogP) is 4.42. The van der Waals surface area contributed by atoms with Gasteiger partial charge in [-0.15, -0.1) is 0 Å². The average molecular weight is 386 g/mol. The van der Waals surface area contributed by atoms with E-state index in [4.69, 9.17) is 37.1 Å². The maximum Gasteiger partial charge on any atom is 0.223 e. The van der Waals surface area contributed by atoms with Crippen LogP contribution in [0.1, 0.15) is 18.6 Å². The van der Waals surface area contributed by atoms with E-state index in [1.165, 1.54) is 0 Å². The molecule has 0 aliphatic carbocycles. The molecule has 0 fully saturated rings. The van der Waals surface area contributed by atoms with Crippen LogP contribution in [0.4, 0.5) is 0 Å². The Balaban J connectivity index is 1.79. The van der Waals surface area contributed by atoms with Gasteiger partial charge in [-0.25, -0.2) is 0 Å². The van der Waals surface area contributed by atoms with E-state index in [-0.39, 0.29) is 5.91 Å². The molecule has 5 nitrogen and oxygen atoms in total. The van der Waals surface area contributed by atoms with Crippen molar-refractivity contribution in [1.82, 2.24) is 4.90 Å². The SMILES string of the molecule is COCCN(Cc1ccco1)C(=O)CCCOc1ccc(Cl)cc1Cl. The lowest BCUT2D eigenvalue weighted by molar-refractivity contribution is -0.133. The minimum Gasteiger partial charge on any atom is -0.492 e. The number of amides is 1. The topological polar surface area (TPSA) is 51.9 Å². The van der Waals surface area contributed by atoms with E-state index in [9.17, 15) is 4.79 Å². The number of benzene rings is 1. The highest BCUT2D eigenvalue weighted by Gasteiger charge is 2.15. The second-order valence-corrected chi connectivity index (χ2v) is 6.26. The van der Waals surface area contributed by atoms with Crippen LogP contribution in [-0.2, 0) is 16.1 Å². The molecule has 0 aliphatic heterocycles. The largest absolute Gasteiger partial charge is 0.492 e. The zero-order chi connectivity index (χ0) is 18.1. The number of furan rings is 1. The third-order valence-corrected chi connectivity index (χ3v) is 4.06. The molecule has 2 aromatic rings. The van der Waals surface area contributed by atoms with Gasteiger partial charge in [-0.2, -0.15) is 0 Å². The summed E-state index contributed by atoms with van der Waals surface area (Å²) in [5.74, 6) is 1.33. The summed E-state index contributed by atoms with van der Waals surface area (Å²) in [6, 6.07) is 8.70. The molecule has 2 rings (SSSR count). The Hall–Kier alpha value is -1.69. The molecule has 0 saturated carbocycles. The van der Waals surface area contributed by atoms with Crippen molar-refractivity contribution in [3.63, 3.8) is 0 Å². The fourth-order valence-electron chi connectivity index (χ4n) is 2.24. The summed E-state index contributed by atoms with van der Waals surface area (Å²) in [4.78, 5) is 14.1. The van der Waals surface area contributed by atoms with Crippen LogP contribution in [0.15, 0.2) is 41.0 Å². The van der Waals surface area contributed by atoms with Gasteiger partial charge >= 0.3 is 0 Å². The van der Waals surface area contributed by atoms with Gasteiger partial charge in [0, 0.05) is 25.1 Å². The van der Waals surface area contributed by atoms with Crippen LogP contribution >= 0.6 is 23.2 Å². The van der Waals surface area contributed by atoms with E-state index in [0.717, 1.165) is 5.76 Å². The molecule has 1 aromatic heterocycles. The quantitative estimate of drug-likeness (QED) is 0.568. The molecule has 0 atom stereocenters. The molecule has 0 N–H and O–H groups in total. The number of carbonyl (C=O) groups is 1. The number of rotatable bonds is 10. The lowest BCUT2D eigenvalue weighted by Gasteiger charge is -2.21. The molecule has 0 radical (unpaired) electrons. The van der Waals surface area contributed by atoms with Crippen molar-refractivity contribution in [3.8, 4) is 5.75 Å². The van der Waals surface area contributed by atoms with Crippen molar-refractivity contribution in [3.05, 3.63) is 52.4 Å². The molecule has 7 heteroatoms. The first-order chi connectivity index (χ1) is 12.1. The van der Waals surface area contributed by atoms with Crippen molar-refractivity contribution in [2.75, 3.05) is 26.9 Å². The van der Waals surface area contributed by atoms with Crippen LogP contribution in [0, 0.1) is 0 Å². The van der Waals surface area contributed by atoms with Crippen molar-refractivity contribution in [2.45, 2.75) is 19.4 Å². The minimum atomic E-state index is 0.0271. The molecule has 1 aromatic carbocycles. The van der Waals surface area contributed by atoms with E-state index in [1.54, 1.807) is 42.5 Å². The lowest BCUT2D eigenvalue weighted by atomic mass is 10.2. The summed E-state index contributed by atoms with van der Waals surface area (Å²) in [5.41, 5.74) is 0. The summed E-state index contributed by atoms with van der Waals surface area (Å²) in [6.07, 6.45) is 2.55. The highest BCUT2D eigenvalue weighted by molar-refractivity contribution is 6.35. The van der Waals surface area contributed by atoms with Gasteiger partial charge in [-0.1, -0.05) is 23.2 Å². The fourth-order valence-corrected chi connectivity index (χ4v) is 2.70. The third-order valence-electron chi connectivity index (χ3n) is 3.53. The normalized spacial score (nSPS) is 10.7. The summed E-state index contributed by atoms with van der Waals surface area (Å²) in [7, 11) is 1.61. The number of hydrogen-bond acceptors (Lipinski definition) is 4. The molecule has 0 bridgehead atoms. The number of methoxy groups -OCH3 is 1. The van der Waals surface area contributed by atoms with Gasteiger partial charge < -0.3 is 18.8 Å². The van der Waals surface area contributed by atoms with Crippen molar-refractivity contribution in [1.29, 1.82) is 0 Å². The van der Waals surface area contributed by atoms with Crippen LogP contribution in [0.25, 0.3) is 0 Å². The number of carbonyl (C=O) groups excluding carboxylic acids is 1. The number of nitrogens with zero attached hydrogens (tertiary/aromatic N) is 1. The number of ether oxygens (including phenoxy) is 2. The highest BCUT2D eigenvalue weighted by atomic mass is 35.5. The molecular weight excluding hydrogens is 365 g/mol. The van der Waals surface area contributed by atoms with E-state index in [0.29, 0.717) is 54.9 Å². The van der Waals surface area contributed by atoms with Crippen LogP contribution in [0.2, 0.25) is 10.0 Å². The molecule has 0 saturated heterocycles. The standard InChI is InChI=1S/C18H21Cl2NO4/c1-23-11-8-21(13-15-4-2-9-24-15)18(22)5-3-10-25-17-7-6-14(19)12-16(17)20/h2,4,6-7,9,12H,3,5,8,10-11,13H2,1H3. The van der Waals surface area contributed by atoms with Crippen molar-refractivity contribution >= 4 is 29.1 Å².